The zero-order valence-electron chi connectivity index (χ0n) is 11.6. The molecule has 0 unspecified atom stereocenters. The Morgan fingerprint density at radius 3 is 2.68 bits per heavy atom. The van der Waals surface area contributed by atoms with Crippen molar-refractivity contribution in [3.8, 4) is 23.1 Å². The zero-order valence-corrected chi connectivity index (χ0v) is 11.6. The maximum atomic E-state index is 9.19. The third-order valence-electron chi connectivity index (χ3n) is 3.17. The monoisotopic (exact) mass is 255 g/mol. The molecule has 2 aromatic rings. The van der Waals surface area contributed by atoms with Crippen molar-refractivity contribution < 1.29 is 4.74 Å². The molecule has 0 aliphatic heterocycles. The summed E-state index contributed by atoms with van der Waals surface area (Å²) < 4.78 is 7.10. The van der Waals surface area contributed by atoms with Crippen LogP contribution in [0.15, 0.2) is 24.5 Å². The summed E-state index contributed by atoms with van der Waals surface area (Å²) in [7, 11) is 3.49. The highest BCUT2D eigenvalue weighted by Gasteiger charge is 2.14. The van der Waals surface area contributed by atoms with E-state index < -0.39 is 0 Å². The van der Waals surface area contributed by atoms with Crippen LogP contribution >= 0.6 is 0 Å². The molecular formula is C15H17N3O. The van der Waals surface area contributed by atoms with Crippen molar-refractivity contribution in [3.63, 3.8) is 0 Å². The normalized spacial score (nSPS) is 10.5. The van der Waals surface area contributed by atoms with Gasteiger partial charge >= 0.3 is 0 Å². The lowest BCUT2D eigenvalue weighted by molar-refractivity contribution is 0.407. The molecule has 2 rings (SSSR count). The molecule has 0 aliphatic rings. The maximum absolute atomic E-state index is 9.19. The van der Waals surface area contributed by atoms with E-state index in [-0.39, 0.29) is 0 Å². The van der Waals surface area contributed by atoms with E-state index in [1.165, 1.54) is 0 Å². The molecule has 0 fully saturated rings. The first-order valence-electron chi connectivity index (χ1n) is 6.18. The van der Waals surface area contributed by atoms with Crippen LogP contribution in [-0.4, -0.2) is 16.7 Å². The number of aromatic nitrogens is 2. The molecular weight excluding hydrogens is 238 g/mol. The van der Waals surface area contributed by atoms with Crippen LogP contribution in [0.4, 0.5) is 0 Å². The largest absolute Gasteiger partial charge is 0.496 e. The van der Waals surface area contributed by atoms with Gasteiger partial charge in [0.1, 0.15) is 23.2 Å². The number of hydrogen-bond donors (Lipinski definition) is 0. The van der Waals surface area contributed by atoms with Gasteiger partial charge in [0.15, 0.2) is 0 Å². The topological polar surface area (TPSA) is 50.8 Å². The second-order valence-corrected chi connectivity index (χ2v) is 4.78. The van der Waals surface area contributed by atoms with Crippen molar-refractivity contribution in [2.75, 3.05) is 7.11 Å². The second kappa shape index (κ2) is 5.15. The lowest BCUT2D eigenvalue weighted by Gasteiger charge is -2.13. The predicted molar refractivity (Wildman–Crippen MR) is 74.0 cm³/mol. The summed E-state index contributed by atoms with van der Waals surface area (Å²) in [4.78, 5) is 4.31. The molecule has 0 atom stereocenters. The number of ether oxygens (including phenoxy) is 1. The van der Waals surface area contributed by atoms with Gasteiger partial charge in [-0.25, -0.2) is 4.98 Å². The van der Waals surface area contributed by atoms with Crippen LogP contribution in [0, 0.1) is 11.3 Å². The molecule has 1 aromatic heterocycles. The molecule has 98 valence electrons. The Morgan fingerprint density at radius 1 is 1.37 bits per heavy atom. The molecule has 0 saturated carbocycles. The van der Waals surface area contributed by atoms with Crippen molar-refractivity contribution in [2.24, 2.45) is 7.05 Å². The van der Waals surface area contributed by atoms with Crippen molar-refractivity contribution in [1.82, 2.24) is 9.55 Å². The van der Waals surface area contributed by atoms with Crippen molar-refractivity contribution in [1.29, 1.82) is 5.26 Å². The Morgan fingerprint density at radius 2 is 2.11 bits per heavy atom. The molecule has 0 bridgehead atoms. The molecule has 0 N–H and O–H groups in total. The zero-order chi connectivity index (χ0) is 14.0. The summed E-state index contributed by atoms with van der Waals surface area (Å²) in [5, 5.41) is 9.19. The highest BCUT2D eigenvalue weighted by molar-refractivity contribution is 5.67. The Bertz CT molecular complexity index is 635. The minimum atomic E-state index is 0.351. The second-order valence-electron chi connectivity index (χ2n) is 4.78. The first kappa shape index (κ1) is 13.2. The Kier molecular flexibility index (Phi) is 3.57. The summed E-state index contributed by atoms with van der Waals surface area (Å²) in [6, 6.07) is 8.11. The number of hydrogen-bond acceptors (Lipinski definition) is 3. The fraction of sp³-hybridized carbons (Fsp3) is 0.333. The Hall–Kier alpha value is -2.28. The highest BCUT2D eigenvalue weighted by atomic mass is 16.5. The number of rotatable bonds is 3. The van der Waals surface area contributed by atoms with Crippen molar-refractivity contribution >= 4 is 0 Å². The van der Waals surface area contributed by atoms with Gasteiger partial charge in [-0.1, -0.05) is 13.8 Å². The molecule has 4 heteroatoms. The predicted octanol–water partition coefficient (Wildman–Crippen LogP) is 3.09. The van der Waals surface area contributed by atoms with Crippen LogP contribution in [0.25, 0.3) is 11.3 Å². The van der Waals surface area contributed by atoms with Crippen LogP contribution in [0.2, 0.25) is 0 Å². The van der Waals surface area contributed by atoms with Crippen LogP contribution in [-0.2, 0) is 7.05 Å². The van der Waals surface area contributed by atoms with E-state index in [2.05, 4.69) is 24.9 Å². The average Bonchev–Trinajstić information content (AvgIpc) is 2.78. The lowest BCUT2D eigenvalue weighted by Crippen LogP contribution is -1.96. The number of methoxy groups -OCH3 is 1. The number of nitriles is 1. The molecule has 0 aliphatic carbocycles. The van der Waals surface area contributed by atoms with E-state index in [1.807, 2.05) is 25.2 Å². The summed E-state index contributed by atoms with van der Waals surface area (Å²) in [5.41, 5.74) is 3.35. The number of benzene rings is 1. The van der Waals surface area contributed by atoms with Crippen LogP contribution < -0.4 is 4.74 Å². The number of imidazole rings is 1. The van der Waals surface area contributed by atoms with Gasteiger partial charge in [0, 0.05) is 12.6 Å². The molecule has 0 saturated heterocycles. The van der Waals surface area contributed by atoms with Gasteiger partial charge in [-0.3, -0.25) is 0 Å². The van der Waals surface area contributed by atoms with Gasteiger partial charge in [-0.2, -0.15) is 5.26 Å². The van der Waals surface area contributed by atoms with Gasteiger partial charge in [0.25, 0.3) is 0 Å². The molecule has 1 aromatic carbocycles. The van der Waals surface area contributed by atoms with E-state index in [0.717, 1.165) is 22.6 Å². The van der Waals surface area contributed by atoms with Crippen LogP contribution in [0.5, 0.6) is 5.75 Å². The van der Waals surface area contributed by atoms with Crippen molar-refractivity contribution in [2.45, 2.75) is 19.8 Å². The van der Waals surface area contributed by atoms with Crippen molar-refractivity contribution in [3.05, 3.63) is 35.8 Å². The van der Waals surface area contributed by atoms with Gasteiger partial charge in [-0.15, -0.1) is 0 Å². The standard InChI is InChI=1S/C15H17N3O/c1-10(2)12-7-11(5-6-14(12)19-4)15-13(8-16)18(3)9-17-15/h5-7,9-10H,1-4H3. The van der Waals surface area contributed by atoms with Gasteiger partial charge in [0.05, 0.1) is 13.4 Å². The van der Waals surface area contributed by atoms with Gasteiger partial charge in [-0.05, 0) is 29.7 Å². The first-order valence-corrected chi connectivity index (χ1v) is 6.18. The first-order chi connectivity index (χ1) is 9.08. The van der Waals surface area contributed by atoms with Gasteiger partial charge in [0.2, 0.25) is 0 Å². The summed E-state index contributed by atoms with van der Waals surface area (Å²) in [5.74, 6) is 1.22. The molecule has 1 heterocycles. The van der Waals surface area contributed by atoms with E-state index >= 15 is 0 Å². The SMILES string of the molecule is COc1ccc(-c2ncn(C)c2C#N)cc1C(C)C. The van der Waals surface area contributed by atoms with E-state index in [4.69, 9.17) is 4.74 Å². The summed E-state index contributed by atoms with van der Waals surface area (Å²) >= 11 is 0. The molecule has 19 heavy (non-hydrogen) atoms. The van der Waals surface area contributed by atoms with E-state index in [0.29, 0.717) is 11.6 Å². The van der Waals surface area contributed by atoms with Crippen LogP contribution in [0.3, 0.4) is 0 Å². The van der Waals surface area contributed by atoms with Gasteiger partial charge < -0.3 is 9.30 Å². The molecule has 0 radical (unpaired) electrons. The third-order valence-corrected chi connectivity index (χ3v) is 3.17. The molecule has 4 nitrogen and oxygen atoms in total. The van der Waals surface area contributed by atoms with E-state index in [1.54, 1.807) is 18.0 Å². The summed E-state index contributed by atoms with van der Waals surface area (Å²) in [6.07, 6.45) is 1.66. The minimum Gasteiger partial charge on any atom is -0.496 e. The molecule has 0 amide bonds. The number of aryl methyl sites for hydroxylation is 1. The summed E-state index contributed by atoms with van der Waals surface area (Å²) in [6.45, 7) is 4.23. The quantitative estimate of drug-likeness (QED) is 0.846. The minimum absolute atomic E-state index is 0.351. The number of nitrogens with zero attached hydrogens (tertiary/aromatic N) is 3. The maximum Gasteiger partial charge on any atom is 0.147 e. The van der Waals surface area contributed by atoms with E-state index in [9.17, 15) is 5.26 Å². The highest BCUT2D eigenvalue weighted by Crippen LogP contribution is 2.31. The lowest BCUT2D eigenvalue weighted by atomic mass is 9.98. The fourth-order valence-corrected chi connectivity index (χ4v) is 2.11. The smallest absolute Gasteiger partial charge is 0.147 e. The van der Waals surface area contributed by atoms with Crippen LogP contribution in [0.1, 0.15) is 31.0 Å². The third kappa shape index (κ3) is 2.32. The Balaban J connectivity index is 2.58. The Labute approximate surface area is 113 Å². The fourth-order valence-electron chi connectivity index (χ4n) is 2.11. The molecule has 0 spiro atoms. The average molecular weight is 255 g/mol.